The summed E-state index contributed by atoms with van der Waals surface area (Å²) in [7, 11) is -3.96. The molecule has 0 aromatic heterocycles. The van der Waals surface area contributed by atoms with Crippen molar-refractivity contribution in [2.45, 2.75) is 52.5 Å². The van der Waals surface area contributed by atoms with Crippen LogP contribution in [0.3, 0.4) is 0 Å². The molecule has 0 saturated heterocycles. The third-order valence-electron chi connectivity index (χ3n) is 2.52. The molecule has 0 spiro atoms. The molecule has 1 aliphatic rings. The molecule has 1 unspecified atom stereocenters. The number of hydrogen-bond donors (Lipinski definition) is 2. The van der Waals surface area contributed by atoms with Crippen LogP contribution >= 0.6 is 19.2 Å². The van der Waals surface area contributed by atoms with Crippen LogP contribution in [-0.2, 0) is 13.9 Å². The number of carbonyl (C=O) groups is 1. The van der Waals surface area contributed by atoms with E-state index in [1.807, 2.05) is 6.92 Å². The third-order valence-corrected chi connectivity index (χ3v) is 4.01. The highest BCUT2D eigenvalue weighted by atomic mass is 35.5. The second kappa shape index (κ2) is 6.33. The maximum absolute atomic E-state index is 12.1. The molecule has 5 nitrogen and oxygen atoms in total. The fourth-order valence-corrected chi connectivity index (χ4v) is 3.22. The van der Waals surface area contributed by atoms with E-state index in [0.717, 1.165) is 18.7 Å². The molecule has 20 heavy (non-hydrogen) atoms. The summed E-state index contributed by atoms with van der Waals surface area (Å²) in [6.45, 7) is 7.40. The first-order valence-corrected chi connectivity index (χ1v) is 8.54. The molecule has 0 aliphatic carbocycles. The van der Waals surface area contributed by atoms with Crippen LogP contribution in [0.25, 0.3) is 0 Å². The molecular weight excluding hydrogens is 301 g/mol. The maximum Gasteiger partial charge on any atom is 0.401 e. The largest absolute Gasteiger partial charge is 0.414 e. The molecule has 1 aliphatic heterocycles. The first kappa shape index (κ1) is 17.3. The summed E-state index contributed by atoms with van der Waals surface area (Å²) in [5.74, 6) is 0.263. The van der Waals surface area contributed by atoms with Crippen LogP contribution in [0.2, 0.25) is 0 Å². The summed E-state index contributed by atoms with van der Waals surface area (Å²) in [4.78, 5) is 21.8. The predicted octanol–water partition coefficient (Wildman–Crippen LogP) is 3.64. The Bertz CT molecular complexity index is 505. The first-order valence-electron chi connectivity index (χ1n) is 6.52. The smallest absolute Gasteiger partial charge is 0.401 e. The molecule has 1 rings (SSSR count). The summed E-state index contributed by atoms with van der Waals surface area (Å²) in [5.41, 5.74) is -0.000845. The van der Waals surface area contributed by atoms with Gasteiger partial charge in [-0.2, -0.15) is 0 Å². The lowest BCUT2D eigenvalue weighted by Crippen LogP contribution is -2.42. The van der Waals surface area contributed by atoms with Crippen molar-refractivity contribution in [3.05, 3.63) is 22.2 Å². The van der Waals surface area contributed by atoms with E-state index in [-0.39, 0.29) is 10.8 Å². The summed E-state index contributed by atoms with van der Waals surface area (Å²) in [6.07, 6.45) is 2.27. The van der Waals surface area contributed by atoms with Gasteiger partial charge in [-0.05, 0) is 39.2 Å². The molecule has 0 radical (unpaired) electrons. The molecule has 0 bridgehead atoms. The van der Waals surface area contributed by atoms with Crippen molar-refractivity contribution in [2.24, 2.45) is 0 Å². The van der Waals surface area contributed by atoms with E-state index in [2.05, 4.69) is 5.32 Å². The minimum Gasteiger partial charge on any atom is -0.414 e. The predicted molar refractivity (Wildman–Crippen MR) is 79.3 cm³/mol. The van der Waals surface area contributed by atoms with Gasteiger partial charge in [-0.3, -0.25) is 4.79 Å². The van der Waals surface area contributed by atoms with Gasteiger partial charge in [0.05, 0.1) is 5.03 Å². The lowest BCUT2D eigenvalue weighted by Gasteiger charge is -2.25. The monoisotopic (exact) mass is 321 g/mol. The van der Waals surface area contributed by atoms with Crippen LogP contribution in [0, 0.1) is 0 Å². The molecule has 1 atom stereocenters. The van der Waals surface area contributed by atoms with Crippen molar-refractivity contribution in [1.82, 2.24) is 5.32 Å². The number of rotatable bonds is 4. The van der Waals surface area contributed by atoms with Gasteiger partial charge in [-0.15, -0.1) is 0 Å². The second-order valence-electron chi connectivity index (χ2n) is 5.76. The molecule has 1 heterocycles. The fourth-order valence-electron chi connectivity index (χ4n) is 1.68. The number of hydrogen-bond acceptors (Lipinski definition) is 3. The molecular formula is C13H21ClNO4P. The van der Waals surface area contributed by atoms with Gasteiger partial charge in [-0.1, -0.05) is 24.9 Å². The van der Waals surface area contributed by atoms with Gasteiger partial charge in [0.1, 0.15) is 0 Å². The number of nitrogens with one attached hydrogen (secondary N) is 1. The Kier molecular flexibility index (Phi) is 5.47. The van der Waals surface area contributed by atoms with Crippen LogP contribution in [0.5, 0.6) is 0 Å². The van der Waals surface area contributed by atoms with Crippen molar-refractivity contribution < 1.29 is 18.8 Å². The normalized spacial score (nSPS) is 23.2. The number of unbranched alkanes of at least 4 members (excludes halogenated alkanes) is 1. The Morgan fingerprint density at radius 1 is 1.50 bits per heavy atom. The summed E-state index contributed by atoms with van der Waals surface area (Å²) in [5, 5.41) is 2.78. The minimum absolute atomic E-state index is 0.112. The zero-order valence-electron chi connectivity index (χ0n) is 12.2. The van der Waals surface area contributed by atoms with Crippen molar-refractivity contribution in [2.75, 3.05) is 0 Å². The van der Waals surface area contributed by atoms with Gasteiger partial charge in [-0.25, -0.2) is 4.57 Å². The second-order valence-corrected chi connectivity index (χ2v) is 7.71. The van der Waals surface area contributed by atoms with Crippen molar-refractivity contribution in [3.63, 3.8) is 0 Å². The average molecular weight is 322 g/mol. The zero-order chi connectivity index (χ0) is 15.6. The Morgan fingerprint density at radius 2 is 2.10 bits per heavy atom. The summed E-state index contributed by atoms with van der Waals surface area (Å²) < 4.78 is 16.7. The van der Waals surface area contributed by atoms with Crippen molar-refractivity contribution in [3.8, 4) is 0 Å². The Balaban J connectivity index is 3.07. The molecule has 0 aromatic carbocycles. The lowest BCUT2D eigenvalue weighted by molar-refractivity contribution is -0.121. The quantitative estimate of drug-likeness (QED) is 0.775. The highest BCUT2D eigenvalue weighted by molar-refractivity contribution is 7.56. The molecule has 114 valence electrons. The van der Waals surface area contributed by atoms with E-state index in [9.17, 15) is 14.3 Å². The Morgan fingerprint density at radius 3 is 2.60 bits per heavy atom. The van der Waals surface area contributed by atoms with Gasteiger partial charge < -0.3 is 14.7 Å². The molecule has 2 N–H and O–H groups in total. The average Bonchev–Trinajstić information content (AvgIpc) is 2.27. The van der Waals surface area contributed by atoms with Gasteiger partial charge in [0.25, 0.3) is 5.91 Å². The van der Waals surface area contributed by atoms with Crippen molar-refractivity contribution in [1.29, 1.82) is 0 Å². The minimum atomic E-state index is -3.96. The topological polar surface area (TPSA) is 75.6 Å². The van der Waals surface area contributed by atoms with Gasteiger partial charge in [0.15, 0.2) is 0 Å². The van der Waals surface area contributed by atoms with E-state index in [0.29, 0.717) is 12.0 Å². The highest BCUT2D eigenvalue weighted by Gasteiger charge is 2.33. The summed E-state index contributed by atoms with van der Waals surface area (Å²) >= 11 is 6.13. The number of halogens is 1. The van der Waals surface area contributed by atoms with Gasteiger partial charge >= 0.3 is 7.60 Å². The number of carbonyl (C=O) groups excluding carboxylic acids is 1. The van der Waals surface area contributed by atoms with E-state index in [1.54, 1.807) is 20.8 Å². The molecule has 0 fully saturated rings. The number of amides is 1. The lowest BCUT2D eigenvalue weighted by atomic mass is 10.1. The van der Waals surface area contributed by atoms with E-state index < -0.39 is 19.0 Å². The molecule has 1 amide bonds. The molecule has 0 aromatic rings. The van der Waals surface area contributed by atoms with Crippen LogP contribution in [-0.4, -0.2) is 16.3 Å². The summed E-state index contributed by atoms with van der Waals surface area (Å²) in [6, 6.07) is 0. The third kappa shape index (κ3) is 4.97. The van der Waals surface area contributed by atoms with E-state index in [4.69, 9.17) is 16.1 Å². The fraction of sp³-hybridized carbons (Fsp3) is 0.615. The zero-order valence-corrected chi connectivity index (χ0v) is 13.8. The highest BCUT2D eigenvalue weighted by Crippen LogP contribution is 2.53. The van der Waals surface area contributed by atoms with Crippen molar-refractivity contribution >= 4 is 25.1 Å². The van der Waals surface area contributed by atoms with Crippen LogP contribution < -0.4 is 5.32 Å². The standard InChI is InChI=1S/C13H21ClNO4P/c1-5-6-7-9-8-20(17,18)19-11(10(9)14)12(16)15-13(2,3)4/h8H,5-7H2,1-4H3,(H,15,16)(H,17,18). The van der Waals surface area contributed by atoms with Crippen LogP contribution in [0.1, 0.15) is 47.0 Å². The van der Waals surface area contributed by atoms with E-state index in [1.165, 1.54) is 0 Å². The van der Waals surface area contributed by atoms with Crippen LogP contribution in [0.15, 0.2) is 22.2 Å². The number of allylic oxidation sites excluding steroid dienone is 2. The first-order chi connectivity index (χ1) is 9.06. The van der Waals surface area contributed by atoms with Gasteiger partial charge in [0.2, 0.25) is 5.76 Å². The molecule has 0 saturated carbocycles. The van der Waals surface area contributed by atoms with E-state index >= 15 is 0 Å². The molecule has 7 heteroatoms. The SMILES string of the molecule is CCCCC1=CP(=O)(O)OC(C(=O)NC(C)(C)C)=C1Cl. The maximum atomic E-state index is 12.1. The van der Waals surface area contributed by atoms with Gasteiger partial charge in [0, 0.05) is 11.4 Å². The van der Waals surface area contributed by atoms with Crippen LogP contribution in [0.4, 0.5) is 0 Å². The Labute approximate surface area is 124 Å². The Hall–Kier alpha value is -0.770.